The first kappa shape index (κ1) is 18.0. The summed E-state index contributed by atoms with van der Waals surface area (Å²) in [6, 6.07) is 6.80. The molecule has 0 saturated heterocycles. The quantitative estimate of drug-likeness (QED) is 0.854. The fourth-order valence-electron chi connectivity index (χ4n) is 2.11. The largest absolute Gasteiger partial charge is 0.478 e. The Bertz CT molecular complexity index is 840. The summed E-state index contributed by atoms with van der Waals surface area (Å²) in [7, 11) is -3.75. The van der Waals surface area contributed by atoms with Gasteiger partial charge in [0.2, 0.25) is 10.0 Å². The van der Waals surface area contributed by atoms with Gasteiger partial charge in [-0.1, -0.05) is 39.0 Å². The van der Waals surface area contributed by atoms with Gasteiger partial charge in [0.05, 0.1) is 17.0 Å². The standard InChI is InChI=1S/C16H19N3O4S/c1-16(2,3)12-6-4-5-7-13(12)24(22,23)19-10-14-17-8-11(9-18-14)15(20)21/h4-9,19H,10H2,1-3H3,(H,20,21). The van der Waals surface area contributed by atoms with Crippen LogP contribution in [0.2, 0.25) is 0 Å². The minimum Gasteiger partial charge on any atom is -0.478 e. The number of sulfonamides is 1. The molecule has 1 aromatic heterocycles. The van der Waals surface area contributed by atoms with E-state index in [-0.39, 0.29) is 28.2 Å². The number of aromatic nitrogens is 2. The van der Waals surface area contributed by atoms with Crippen LogP contribution < -0.4 is 4.72 Å². The van der Waals surface area contributed by atoms with Crippen LogP contribution in [0.15, 0.2) is 41.6 Å². The average molecular weight is 349 g/mol. The molecule has 24 heavy (non-hydrogen) atoms. The number of carboxylic acid groups (broad SMARTS) is 1. The number of hydrogen-bond acceptors (Lipinski definition) is 5. The summed E-state index contributed by atoms with van der Waals surface area (Å²) in [5.74, 6) is -0.946. The molecule has 0 amide bonds. The summed E-state index contributed by atoms with van der Waals surface area (Å²) in [4.78, 5) is 18.7. The summed E-state index contributed by atoms with van der Waals surface area (Å²) in [5.41, 5.74) is 0.324. The van der Waals surface area contributed by atoms with E-state index >= 15 is 0 Å². The molecule has 0 aliphatic carbocycles. The number of carboxylic acids is 1. The van der Waals surface area contributed by atoms with Gasteiger partial charge in [-0.2, -0.15) is 0 Å². The molecule has 0 radical (unpaired) electrons. The molecule has 0 spiro atoms. The average Bonchev–Trinajstić information content (AvgIpc) is 2.52. The lowest BCUT2D eigenvalue weighted by Gasteiger charge is -2.22. The summed E-state index contributed by atoms with van der Waals surface area (Å²) >= 11 is 0. The first-order chi connectivity index (χ1) is 11.1. The van der Waals surface area contributed by atoms with E-state index in [2.05, 4.69) is 14.7 Å². The number of carbonyl (C=O) groups is 1. The van der Waals surface area contributed by atoms with Gasteiger partial charge in [0.1, 0.15) is 5.82 Å². The van der Waals surface area contributed by atoms with Crippen LogP contribution in [0.25, 0.3) is 0 Å². The normalized spacial score (nSPS) is 12.1. The second kappa shape index (κ2) is 6.66. The van der Waals surface area contributed by atoms with Gasteiger partial charge in [0, 0.05) is 12.4 Å². The van der Waals surface area contributed by atoms with Crippen molar-refractivity contribution in [2.45, 2.75) is 37.6 Å². The number of nitrogens with zero attached hydrogens (tertiary/aromatic N) is 2. The Kier molecular flexibility index (Phi) is 5.00. The van der Waals surface area contributed by atoms with Gasteiger partial charge in [0.25, 0.3) is 0 Å². The highest BCUT2D eigenvalue weighted by atomic mass is 32.2. The lowest BCUT2D eigenvalue weighted by molar-refractivity contribution is 0.0696. The van der Waals surface area contributed by atoms with E-state index in [1.807, 2.05) is 20.8 Å². The zero-order chi connectivity index (χ0) is 18.0. The zero-order valence-electron chi connectivity index (χ0n) is 13.6. The third-order valence-electron chi connectivity index (χ3n) is 3.36. The second-order valence-corrected chi connectivity index (χ2v) is 8.00. The predicted octanol–water partition coefficient (Wildman–Crippen LogP) is 1.95. The second-order valence-electron chi connectivity index (χ2n) is 6.26. The molecule has 7 nitrogen and oxygen atoms in total. The van der Waals surface area contributed by atoms with E-state index in [0.717, 1.165) is 12.4 Å². The van der Waals surface area contributed by atoms with E-state index in [0.29, 0.717) is 5.56 Å². The molecule has 0 unspecified atom stereocenters. The van der Waals surface area contributed by atoms with Crippen LogP contribution in [0.5, 0.6) is 0 Å². The molecule has 0 aliphatic heterocycles. The zero-order valence-corrected chi connectivity index (χ0v) is 14.5. The molecule has 8 heteroatoms. The van der Waals surface area contributed by atoms with Gasteiger partial charge in [-0.05, 0) is 17.0 Å². The molecule has 2 N–H and O–H groups in total. The third-order valence-corrected chi connectivity index (χ3v) is 4.82. The van der Waals surface area contributed by atoms with Crippen molar-refractivity contribution >= 4 is 16.0 Å². The van der Waals surface area contributed by atoms with Gasteiger partial charge < -0.3 is 5.11 Å². The molecule has 0 bridgehead atoms. The van der Waals surface area contributed by atoms with Crippen molar-refractivity contribution in [1.82, 2.24) is 14.7 Å². The van der Waals surface area contributed by atoms with Crippen LogP contribution in [-0.4, -0.2) is 29.5 Å². The summed E-state index contributed by atoms with van der Waals surface area (Å²) in [6.07, 6.45) is 2.28. The van der Waals surface area contributed by atoms with Crippen molar-refractivity contribution in [3.05, 3.63) is 53.6 Å². The molecule has 0 atom stereocenters. The van der Waals surface area contributed by atoms with E-state index in [4.69, 9.17) is 5.11 Å². The van der Waals surface area contributed by atoms with Gasteiger partial charge in [0.15, 0.2) is 0 Å². The van der Waals surface area contributed by atoms with Crippen LogP contribution in [0.3, 0.4) is 0 Å². The number of rotatable bonds is 5. The van der Waals surface area contributed by atoms with Crippen molar-refractivity contribution < 1.29 is 18.3 Å². The van der Waals surface area contributed by atoms with E-state index in [1.54, 1.807) is 24.3 Å². The lowest BCUT2D eigenvalue weighted by Crippen LogP contribution is -2.27. The first-order valence-electron chi connectivity index (χ1n) is 7.24. The minimum atomic E-state index is -3.75. The molecule has 2 rings (SSSR count). The molecule has 2 aromatic rings. The molecular weight excluding hydrogens is 330 g/mol. The van der Waals surface area contributed by atoms with Gasteiger partial charge in [-0.25, -0.2) is 27.9 Å². The molecule has 0 aliphatic rings. The fraction of sp³-hybridized carbons (Fsp3) is 0.312. The van der Waals surface area contributed by atoms with E-state index in [9.17, 15) is 13.2 Å². The van der Waals surface area contributed by atoms with Crippen LogP contribution in [0, 0.1) is 0 Å². The Morgan fingerprint density at radius 1 is 1.17 bits per heavy atom. The van der Waals surface area contributed by atoms with Crippen molar-refractivity contribution in [2.24, 2.45) is 0 Å². The lowest BCUT2D eigenvalue weighted by atomic mass is 9.87. The Hall–Kier alpha value is -2.32. The molecular formula is C16H19N3O4S. The highest BCUT2D eigenvalue weighted by molar-refractivity contribution is 7.89. The maximum Gasteiger partial charge on any atom is 0.338 e. The van der Waals surface area contributed by atoms with Crippen molar-refractivity contribution in [1.29, 1.82) is 0 Å². The van der Waals surface area contributed by atoms with Gasteiger partial charge >= 0.3 is 5.97 Å². The van der Waals surface area contributed by atoms with Crippen molar-refractivity contribution in [3.8, 4) is 0 Å². The molecule has 1 aromatic carbocycles. The molecule has 0 saturated carbocycles. The van der Waals surface area contributed by atoms with E-state index < -0.39 is 16.0 Å². The van der Waals surface area contributed by atoms with Crippen LogP contribution in [0.1, 0.15) is 42.5 Å². The summed E-state index contributed by atoms with van der Waals surface area (Å²) in [6.45, 7) is 5.69. The van der Waals surface area contributed by atoms with Crippen molar-refractivity contribution in [3.63, 3.8) is 0 Å². The predicted molar refractivity (Wildman–Crippen MR) is 88.2 cm³/mol. The smallest absolute Gasteiger partial charge is 0.338 e. The highest BCUT2D eigenvalue weighted by Gasteiger charge is 2.25. The summed E-state index contributed by atoms with van der Waals surface area (Å²) in [5, 5.41) is 8.80. The minimum absolute atomic E-state index is 0.0558. The van der Waals surface area contributed by atoms with Gasteiger partial charge in [-0.3, -0.25) is 0 Å². The SMILES string of the molecule is CC(C)(C)c1ccccc1S(=O)(=O)NCc1ncc(C(=O)O)cn1. The maximum atomic E-state index is 12.6. The first-order valence-corrected chi connectivity index (χ1v) is 8.73. The molecule has 128 valence electrons. The summed E-state index contributed by atoms with van der Waals surface area (Å²) < 4.78 is 27.6. The monoisotopic (exact) mass is 349 g/mol. The maximum absolute atomic E-state index is 12.6. The van der Waals surface area contributed by atoms with Crippen LogP contribution >= 0.6 is 0 Å². The van der Waals surface area contributed by atoms with Crippen molar-refractivity contribution in [2.75, 3.05) is 0 Å². The number of benzene rings is 1. The Labute approximate surface area is 140 Å². The molecule has 0 fully saturated rings. The number of aromatic carboxylic acids is 1. The topological polar surface area (TPSA) is 109 Å². The van der Waals surface area contributed by atoms with Gasteiger partial charge in [-0.15, -0.1) is 0 Å². The third kappa shape index (κ3) is 4.15. The Morgan fingerprint density at radius 2 is 1.75 bits per heavy atom. The Balaban J connectivity index is 2.22. The Morgan fingerprint density at radius 3 is 2.29 bits per heavy atom. The molecule has 1 heterocycles. The fourth-order valence-corrected chi connectivity index (χ4v) is 3.51. The van der Waals surface area contributed by atoms with Crippen LogP contribution in [-0.2, 0) is 22.0 Å². The highest BCUT2D eigenvalue weighted by Crippen LogP contribution is 2.28. The van der Waals surface area contributed by atoms with Crippen LogP contribution in [0.4, 0.5) is 0 Å². The number of hydrogen-bond donors (Lipinski definition) is 2. The van der Waals surface area contributed by atoms with E-state index in [1.165, 1.54) is 0 Å². The number of nitrogens with one attached hydrogen (secondary N) is 1.